The lowest BCUT2D eigenvalue weighted by molar-refractivity contribution is 0.0695. The first-order valence-corrected chi connectivity index (χ1v) is 4.99. The third-order valence-corrected chi connectivity index (χ3v) is 2.40. The number of alkyl halides is 1. The summed E-state index contributed by atoms with van der Waals surface area (Å²) in [4.78, 5) is 14.9. The number of aromatic nitrogens is 1. The van der Waals surface area contributed by atoms with Gasteiger partial charge in [0.1, 0.15) is 0 Å². The predicted molar refractivity (Wildman–Crippen MR) is 55.1 cm³/mol. The van der Waals surface area contributed by atoms with Crippen LogP contribution in [0, 0.1) is 0 Å². The second-order valence-corrected chi connectivity index (χ2v) is 3.38. The van der Waals surface area contributed by atoms with Gasteiger partial charge in [-0.2, -0.15) is 0 Å². The number of carboxylic acid groups (broad SMARTS) is 1. The van der Waals surface area contributed by atoms with Crippen LogP contribution in [0.4, 0.5) is 0 Å². The molecule has 0 aliphatic heterocycles. The molecule has 1 aromatic rings. The summed E-state index contributed by atoms with van der Waals surface area (Å²) in [5.41, 5.74) is 1.18. The zero-order valence-electron chi connectivity index (χ0n) is 7.55. The third-order valence-electron chi connectivity index (χ3n) is 1.82. The Morgan fingerprint density at radius 1 is 1.57 bits per heavy atom. The fraction of sp³-hybridized carbons (Fsp3) is 0.333. The van der Waals surface area contributed by atoms with E-state index in [9.17, 15) is 4.79 Å². The summed E-state index contributed by atoms with van der Waals surface area (Å²) in [5, 5.41) is 9.15. The van der Waals surface area contributed by atoms with Gasteiger partial charge in [0.25, 0.3) is 0 Å². The molecule has 1 heterocycles. The molecular weight excluding hydrogens is 225 g/mol. The van der Waals surface area contributed by atoms with Crippen molar-refractivity contribution in [1.29, 1.82) is 0 Å². The number of hydrogen-bond acceptors (Lipinski definition) is 2. The normalized spacial score (nSPS) is 10.2. The Hall–Kier alpha value is -0.800. The summed E-state index contributed by atoms with van der Waals surface area (Å²) >= 11 is 11.4. The van der Waals surface area contributed by atoms with Gasteiger partial charge in [0.2, 0.25) is 0 Å². The van der Waals surface area contributed by atoms with Gasteiger partial charge in [-0.1, -0.05) is 18.5 Å². The first-order valence-electron chi connectivity index (χ1n) is 4.07. The van der Waals surface area contributed by atoms with Crippen molar-refractivity contribution in [3.05, 3.63) is 28.0 Å². The topological polar surface area (TPSA) is 50.2 Å². The first kappa shape index (κ1) is 11.3. The van der Waals surface area contributed by atoms with Gasteiger partial charge >= 0.3 is 5.97 Å². The Bertz CT molecular complexity index is 366. The minimum Gasteiger partial charge on any atom is -0.478 e. The van der Waals surface area contributed by atoms with E-state index in [4.69, 9.17) is 28.3 Å². The van der Waals surface area contributed by atoms with Crippen LogP contribution in [0.2, 0.25) is 5.02 Å². The van der Waals surface area contributed by atoms with E-state index in [1.807, 2.05) is 6.92 Å². The summed E-state index contributed by atoms with van der Waals surface area (Å²) < 4.78 is 0. The average Bonchev–Trinajstić information content (AvgIpc) is 2.17. The highest BCUT2D eigenvalue weighted by Gasteiger charge is 2.13. The largest absolute Gasteiger partial charge is 0.478 e. The van der Waals surface area contributed by atoms with Crippen molar-refractivity contribution < 1.29 is 9.90 Å². The lowest BCUT2D eigenvalue weighted by Gasteiger charge is -2.06. The number of hydrogen-bond donors (Lipinski definition) is 1. The van der Waals surface area contributed by atoms with Crippen LogP contribution >= 0.6 is 23.2 Å². The summed E-state index contributed by atoms with van der Waals surface area (Å²) in [6.07, 6.45) is 0.544. The molecular formula is C9H9Cl2NO2. The lowest BCUT2D eigenvalue weighted by atomic mass is 10.1. The fourth-order valence-electron chi connectivity index (χ4n) is 1.12. The van der Waals surface area contributed by atoms with Gasteiger partial charge in [0.05, 0.1) is 27.9 Å². The van der Waals surface area contributed by atoms with Crippen LogP contribution in [0.15, 0.2) is 6.07 Å². The van der Waals surface area contributed by atoms with Gasteiger partial charge in [-0.3, -0.25) is 4.98 Å². The van der Waals surface area contributed by atoms with Crippen molar-refractivity contribution >= 4 is 29.2 Å². The summed E-state index contributed by atoms with van der Waals surface area (Å²) in [6.45, 7) is 1.83. The monoisotopic (exact) mass is 233 g/mol. The zero-order valence-corrected chi connectivity index (χ0v) is 9.06. The first-order chi connectivity index (χ1) is 6.60. The predicted octanol–water partition coefficient (Wildman–Crippen LogP) is 2.73. The molecule has 0 fully saturated rings. The quantitative estimate of drug-likeness (QED) is 0.818. The molecule has 76 valence electrons. The Morgan fingerprint density at radius 3 is 2.64 bits per heavy atom. The highest BCUT2D eigenvalue weighted by atomic mass is 35.5. The van der Waals surface area contributed by atoms with Crippen LogP contribution in [0.3, 0.4) is 0 Å². The van der Waals surface area contributed by atoms with E-state index < -0.39 is 5.97 Å². The van der Waals surface area contributed by atoms with Crippen LogP contribution in [0.1, 0.15) is 28.7 Å². The fourth-order valence-corrected chi connectivity index (χ4v) is 1.61. The molecule has 0 atom stereocenters. The molecule has 3 nitrogen and oxygen atoms in total. The smallest absolute Gasteiger partial charge is 0.337 e. The van der Waals surface area contributed by atoms with Gasteiger partial charge in [0, 0.05) is 0 Å². The number of nitrogens with zero attached hydrogens (tertiary/aromatic N) is 1. The Labute approximate surface area is 91.7 Å². The lowest BCUT2D eigenvalue weighted by Crippen LogP contribution is -2.06. The summed E-state index contributed by atoms with van der Waals surface area (Å²) in [5.74, 6) is -0.830. The second-order valence-electron chi connectivity index (χ2n) is 2.70. The number of aryl methyl sites for hydroxylation is 1. The Kier molecular flexibility index (Phi) is 3.72. The van der Waals surface area contributed by atoms with E-state index in [1.54, 1.807) is 0 Å². The maximum absolute atomic E-state index is 10.8. The van der Waals surface area contributed by atoms with Crippen molar-refractivity contribution in [3.63, 3.8) is 0 Å². The van der Waals surface area contributed by atoms with Crippen LogP contribution in [-0.4, -0.2) is 16.1 Å². The molecule has 1 N–H and O–H groups in total. The zero-order chi connectivity index (χ0) is 10.7. The van der Waals surface area contributed by atoms with Gasteiger partial charge in [0.15, 0.2) is 0 Å². The molecule has 5 heteroatoms. The molecule has 1 rings (SSSR count). The minimum absolute atomic E-state index is 0.145. The van der Waals surface area contributed by atoms with Crippen LogP contribution in [0.25, 0.3) is 0 Å². The maximum Gasteiger partial charge on any atom is 0.337 e. The number of rotatable bonds is 3. The number of carboxylic acids is 1. The highest BCUT2D eigenvalue weighted by molar-refractivity contribution is 6.32. The van der Waals surface area contributed by atoms with Crippen molar-refractivity contribution in [2.24, 2.45) is 0 Å². The van der Waals surface area contributed by atoms with E-state index in [1.165, 1.54) is 6.07 Å². The molecule has 1 aromatic heterocycles. The Morgan fingerprint density at radius 2 is 2.21 bits per heavy atom. The van der Waals surface area contributed by atoms with Crippen molar-refractivity contribution in [2.75, 3.05) is 0 Å². The molecule has 0 radical (unpaired) electrons. The summed E-state index contributed by atoms with van der Waals surface area (Å²) in [7, 11) is 0. The molecule has 0 unspecified atom stereocenters. The van der Waals surface area contributed by atoms with E-state index in [0.717, 1.165) is 0 Å². The molecule has 0 bridgehead atoms. The Balaban J connectivity index is 3.31. The second kappa shape index (κ2) is 4.62. The van der Waals surface area contributed by atoms with Gasteiger partial charge in [-0.05, 0) is 12.5 Å². The van der Waals surface area contributed by atoms with Gasteiger partial charge in [-0.25, -0.2) is 4.79 Å². The SMILES string of the molecule is CCc1nc(CCl)c(Cl)cc1C(=O)O. The standard InChI is InChI=1S/C9H9Cl2NO2/c1-2-7-5(9(13)14)3-6(11)8(4-10)12-7/h3H,2,4H2,1H3,(H,13,14). The highest BCUT2D eigenvalue weighted by Crippen LogP contribution is 2.20. The van der Waals surface area contributed by atoms with Gasteiger partial charge in [-0.15, -0.1) is 11.6 Å². The molecule has 0 aliphatic rings. The van der Waals surface area contributed by atoms with E-state index in [2.05, 4.69) is 4.98 Å². The molecule has 0 aromatic carbocycles. The van der Waals surface area contributed by atoms with Gasteiger partial charge < -0.3 is 5.11 Å². The van der Waals surface area contributed by atoms with Crippen LogP contribution in [-0.2, 0) is 12.3 Å². The van der Waals surface area contributed by atoms with Crippen molar-refractivity contribution in [3.8, 4) is 0 Å². The van der Waals surface area contributed by atoms with Crippen LogP contribution < -0.4 is 0 Å². The molecule has 0 saturated carbocycles. The molecule has 0 spiro atoms. The minimum atomic E-state index is -1.02. The number of pyridine rings is 1. The molecule has 14 heavy (non-hydrogen) atoms. The molecule has 0 saturated heterocycles. The van der Waals surface area contributed by atoms with Crippen LogP contribution in [0.5, 0.6) is 0 Å². The van der Waals surface area contributed by atoms with E-state index in [0.29, 0.717) is 22.8 Å². The molecule has 0 amide bonds. The molecule has 0 aliphatic carbocycles. The van der Waals surface area contributed by atoms with E-state index >= 15 is 0 Å². The van der Waals surface area contributed by atoms with Crippen molar-refractivity contribution in [1.82, 2.24) is 4.98 Å². The number of carbonyl (C=O) groups is 1. The third kappa shape index (κ3) is 2.16. The average molecular weight is 234 g/mol. The van der Waals surface area contributed by atoms with Crippen molar-refractivity contribution in [2.45, 2.75) is 19.2 Å². The number of aromatic carboxylic acids is 1. The van der Waals surface area contributed by atoms with E-state index in [-0.39, 0.29) is 11.4 Å². The maximum atomic E-state index is 10.8. The summed E-state index contributed by atoms with van der Waals surface area (Å²) in [6, 6.07) is 1.40. The number of halogens is 2.